The van der Waals surface area contributed by atoms with E-state index in [1.807, 2.05) is 60.4 Å². The van der Waals surface area contributed by atoms with Gasteiger partial charge < -0.3 is 15.5 Å². The summed E-state index contributed by atoms with van der Waals surface area (Å²) < 4.78 is 0. The number of nitrogens with one attached hydrogen (secondary N) is 2. The van der Waals surface area contributed by atoms with E-state index in [2.05, 4.69) is 24.5 Å². The van der Waals surface area contributed by atoms with E-state index in [9.17, 15) is 9.59 Å². The summed E-state index contributed by atoms with van der Waals surface area (Å²) in [6.07, 6.45) is 1.33. The Bertz CT molecular complexity index is 1040. The molecule has 162 valence electrons. The molecule has 2 aliphatic rings. The molecule has 4 rings (SSSR count). The Morgan fingerprint density at radius 1 is 1.16 bits per heavy atom. The number of benzene rings is 2. The molecule has 0 bridgehead atoms. The number of carbonyl (C=O) groups is 2. The molecular weight excluding hydrogens is 410 g/mol. The molecule has 0 fully saturated rings. The molecule has 5 nitrogen and oxygen atoms in total. The summed E-state index contributed by atoms with van der Waals surface area (Å²) in [4.78, 5) is 28.0. The number of amides is 1. The summed E-state index contributed by atoms with van der Waals surface area (Å²) in [6, 6.07) is 15.2. The molecule has 2 aromatic rings. The normalized spacial score (nSPS) is 19.8. The number of halogens is 1. The smallest absolute Gasteiger partial charge is 0.239 e. The zero-order valence-electron chi connectivity index (χ0n) is 18.2. The molecule has 0 aromatic heterocycles. The number of anilines is 2. The summed E-state index contributed by atoms with van der Waals surface area (Å²) in [5, 5.41) is 7.17. The summed E-state index contributed by atoms with van der Waals surface area (Å²) in [5.74, 6) is 0.0647. The predicted molar refractivity (Wildman–Crippen MR) is 125 cm³/mol. The fourth-order valence-corrected chi connectivity index (χ4v) is 4.65. The molecule has 31 heavy (non-hydrogen) atoms. The number of hydrogen-bond donors (Lipinski definition) is 2. The zero-order chi connectivity index (χ0) is 22.2. The van der Waals surface area contributed by atoms with Crippen molar-refractivity contribution in [3.8, 4) is 0 Å². The van der Waals surface area contributed by atoms with Gasteiger partial charge >= 0.3 is 0 Å². The maximum Gasteiger partial charge on any atom is 0.239 e. The largest absolute Gasteiger partial charge is 0.357 e. The van der Waals surface area contributed by atoms with Gasteiger partial charge in [0.2, 0.25) is 5.91 Å². The van der Waals surface area contributed by atoms with Gasteiger partial charge in [0.25, 0.3) is 0 Å². The van der Waals surface area contributed by atoms with E-state index < -0.39 is 0 Å². The summed E-state index contributed by atoms with van der Waals surface area (Å²) in [5.41, 5.74) is 4.53. The molecule has 1 heterocycles. The first-order valence-electron chi connectivity index (χ1n) is 10.6. The van der Waals surface area contributed by atoms with Crippen LogP contribution in [0.1, 0.15) is 39.2 Å². The third-order valence-electron chi connectivity index (χ3n) is 6.02. The lowest BCUT2D eigenvalue weighted by Gasteiger charge is -2.36. The molecule has 6 heteroatoms. The van der Waals surface area contributed by atoms with Crippen molar-refractivity contribution in [1.29, 1.82) is 0 Å². The van der Waals surface area contributed by atoms with E-state index in [0.717, 1.165) is 34.6 Å². The molecular formula is C25H28ClN3O2. The van der Waals surface area contributed by atoms with Crippen molar-refractivity contribution >= 4 is 34.7 Å². The quantitative estimate of drug-likeness (QED) is 0.712. The van der Waals surface area contributed by atoms with Crippen molar-refractivity contribution in [2.45, 2.75) is 46.2 Å². The SMILES string of the molecule is C[C@@H]1C2=C(CC(C)(C)CC2=O)Nc2ccccc2N1CC(=O)NCc1ccc(Cl)cc1. The molecule has 1 atom stereocenters. The van der Waals surface area contributed by atoms with E-state index in [-0.39, 0.29) is 29.7 Å². The standard InChI is InChI=1S/C25H28ClN3O2/c1-16-24-20(12-25(2,3)13-22(24)30)28-19-6-4-5-7-21(19)29(16)15-23(31)27-14-17-8-10-18(26)11-9-17/h4-11,16,28H,12-15H2,1-3H3,(H,27,31)/t16-/m1/s1. The number of Topliss-reactive ketones (excluding diaryl/α,β-unsaturated/α-hetero) is 1. The molecule has 0 saturated heterocycles. The number of para-hydroxylation sites is 2. The van der Waals surface area contributed by atoms with Crippen molar-refractivity contribution in [3.05, 3.63) is 70.4 Å². The van der Waals surface area contributed by atoms with Crippen LogP contribution in [0.15, 0.2) is 59.8 Å². The van der Waals surface area contributed by atoms with Crippen LogP contribution in [0.5, 0.6) is 0 Å². The number of carbonyl (C=O) groups excluding carboxylic acids is 2. The van der Waals surface area contributed by atoms with Crippen molar-refractivity contribution in [1.82, 2.24) is 5.32 Å². The lowest BCUT2D eigenvalue weighted by atomic mass is 9.74. The minimum atomic E-state index is -0.198. The van der Waals surface area contributed by atoms with Crippen LogP contribution in [-0.2, 0) is 16.1 Å². The fourth-order valence-electron chi connectivity index (χ4n) is 4.52. The molecule has 2 aromatic carbocycles. The Morgan fingerprint density at radius 2 is 1.87 bits per heavy atom. The van der Waals surface area contributed by atoms with Crippen LogP contribution in [0.25, 0.3) is 0 Å². The van der Waals surface area contributed by atoms with Gasteiger partial charge in [-0.15, -0.1) is 0 Å². The summed E-state index contributed by atoms with van der Waals surface area (Å²) >= 11 is 5.94. The maximum atomic E-state index is 13.1. The Labute approximate surface area is 188 Å². The number of hydrogen-bond acceptors (Lipinski definition) is 4. The first-order valence-corrected chi connectivity index (χ1v) is 11.0. The summed E-state index contributed by atoms with van der Waals surface area (Å²) in [7, 11) is 0. The predicted octanol–water partition coefficient (Wildman–Crippen LogP) is 4.92. The third kappa shape index (κ3) is 4.62. The Morgan fingerprint density at radius 3 is 2.61 bits per heavy atom. The highest BCUT2D eigenvalue weighted by Crippen LogP contribution is 2.43. The average Bonchev–Trinajstić information content (AvgIpc) is 2.81. The average molecular weight is 438 g/mol. The van der Waals surface area contributed by atoms with Crippen molar-refractivity contribution in [2.75, 3.05) is 16.8 Å². The van der Waals surface area contributed by atoms with Gasteiger partial charge in [-0.25, -0.2) is 0 Å². The van der Waals surface area contributed by atoms with E-state index in [4.69, 9.17) is 11.6 Å². The molecule has 0 radical (unpaired) electrons. The lowest BCUT2D eigenvalue weighted by molar-refractivity contribution is -0.120. The molecule has 1 aliphatic carbocycles. The molecule has 0 saturated carbocycles. The Kier molecular flexibility index (Phi) is 5.80. The van der Waals surface area contributed by atoms with Gasteiger partial charge in [-0.05, 0) is 48.6 Å². The van der Waals surface area contributed by atoms with Gasteiger partial charge in [0.15, 0.2) is 5.78 Å². The Balaban J connectivity index is 1.58. The maximum absolute atomic E-state index is 13.1. The minimum Gasteiger partial charge on any atom is -0.357 e. The minimum absolute atomic E-state index is 0.0806. The molecule has 1 amide bonds. The molecule has 0 unspecified atom stereocenters. The second-order valence-electron chi connectivity index (χ2n) is 9.18. The van der Waals surface area contributed by atoms with Gasteiger partial charge in [-0.1, -0.05) is 49.7 Å². The van der Waals surface area contributed by atoms with E-state index in [0.29, 0.717) is 18.0 Å². The van der Waals surface area contributed by atoms with Gasteiger partial charge in [-0.3, -0.25) is 9.59 Å². The van der Waals surface area contributed by atoms with Crippen molar-refractivity contribution in [2.24, 2.45) is 5.41 Å². The monoisotopic (exact) mass is 437 g/mol. The van der Waals surface area contributed by atoms with Gasteiger partial charge in [0, 0.05) is 29.3 Å². The second kappa shape index (κ2) is 8.39. The fraction of sp³-hybridized carbons (Fsp3) is 0.360. The zero-order valence-corrected chi connectivity index (χ0v) is 18.9. The number of nitrogens with zero attached hydrogens (tertiary/aromatic N) is 1. The first-order chi connectivity index (χ1) is 14.7. The van der Waals surface area contributed by atoms with E-state index >= 15 is 0 Å². The Hall–Kier alpha value is -2.79. The number of ketones is 1. The van der Waals surface area contributed by atoms with E-state index in [1.165, 1.54) is 0 Å². The van der Waals surface area contributed by atoms with Crippen LogP contribution in [0.2, 0.25) is 5.02 Å². The second-order valence-corrected chi connectivity index (χ2v) is 9.62. The van der Waals surface area contributed by atoms with E-state index in [1.54, 1.807) is 0 Å². The van der Waals surface area contributed by atoms with Gasteiger partial charge in [0.1, 0.15) is 0 Å². The highest BCUT2D eigenvalue weighted by Gasteiger charge is 2.39. The number of allylic oxidation sites excluding steroid dienone is 1. The molecule has 2 N–H and O–H groups in total. The lowest BCUT2D eigenvalue weighted by Crippen LogP contribution is -2.44. The van der Waals surface area contributed by atoms with Crippen LogP contribution in [0.3, 0.4) is 0 Å². The molecule has 0 spiro atoms. The van der Waals surface area contributed by atoms with Crippen LogP contribution < -0.4 is 15.5 Å². The molecule has 1 aliphatic heterocycles. The van der Waals surface area contributed by atoms with Crippen LogP contribution in [-0.4, -0.2) is 24.3 Å². The highest BCUT2D eigenvalue weighted by atomic mass is 35.5. The van der Waals surface area contributed by atoms with Crippen LogP contribution >= 0.6 is 11.6 Å². The number of fused-ring (bicyclic) bond motifs is 1. The van der Waals surface area contributed by atoms with Crippen LogP contribution in [0, 0.1) is 5.41 Å². The highest BCUT2D eigenvalue weighted by molar-refractivity contribution is 6.30. The topological polar surface area (TPSA) is 61.4 Å². The summed E-state index contributed by atoms with van der Waals surface area (Å²) in [6.45, 7) is 6.86. The third-order valence-corrected chi connectivity index (χ3v) is 6.27. The van der Waals surface area contributed by atoms with Crippen molar-refractivity contribution < 1.29 is 9.59 Å². The van der Waals surface area contributed by atoms with Gasteiger partial charge in [0.05, 0.1) is 24.0 Å². The van der Waals surface area contributed by atoms with Crippen molar-refractivity contribution in [3.63, 3.8) is 0 Å². The van der Waals surface area contributed by atoms with Crippen LogP contribution in [0.4, 0.5) is 11.4 Å². The first kappa shape index (κ1) is 21.4. The van der Waals surface area contributed by atoms with Gasteiger partial charge in [-0.2, -0.15) is 0 Å². The number of rotatable bonds is 4.